The topological polar surface area (TPSA) is 18.5 Å². The predicted molar refractivity (Wildman–Crippen MR) is 82.4 cm³/mol. The third-order valence-corrected chi connectivity index (χ3v) is 5.05. The monoisotopic (exact) mass is 323 g/mol. The van der Waals surface area contributed by atoms with Gasteiger partial charge in [0.2, 0.25) is 0 Å². The van der Waals surface area contributed by atoms with Crippen LogP contribution in [0.15, 0.2) is 28.7 Å². The maximum Gasteiger partial charge on any atom is 0.0346 e. The molecule has 104 valence electrons. The van der Waals surface area contributed by atoms with Crippen molar-refractivity contribution in [3.05, 3.63) is 34.3 Å². The summed E-state index contributed by atoms with van der Waals surface area (Å²) in [6, 6.07) is 10.1. The number of benzene rings is 1. The Bertz CT molecular complexity index is 408. The van der Waals surface area contributed by atoms with Gasteiger partial charge in [-0.2, -0.15) is 0 Å². The van der Waals surface area contributed by atoms with E-state index in [1.807, 2.05) is 0 Å². The highest BCUT2D eigenvalue weighted by molar-refractivity contribution is 9.10. The Morgan fingerprint density at radius 3 is 2.26 bits per heavy atom. The van der Waals surface area contributed by atoms with E-state index in [2.05, 4.69) is 62.2 Å². The Hall–Kier alpha value is -0.420. The summed E-state index contributed by atoms with van der Waals surface area (Å²) >= 11 is 3.50. The molecular weight excluding hydrogens is 302 g/mol. The van der Waals surface area contributed by atoms with E-state index in [-0.39, 0.29) is 0 Å². The van der Waals surface area contributed by atoms with E-state index < -0.39 is 0 Å². The molecule has 3 nitrogen and oxygen atoms in total. The lowest BCUT2D eigenvalue weighted by molar-refractivity contribution is 0.0552. The van der Waals surface area contributed by atoms with E-state index in [9.17, 15) is 0 Å². The first-order chi connectivity index (χ1) is 9.24. The number of piperazine rings is 1. The molecule has 1 aromatic rings. The Labute approximate surface area is 124 Å². The van der Waals surface area contributed by atoms with Crippen molar-refractivity contribution in [2.75, 3.05) is 39.3 Å². The van der Waals surface area contributed by atoms with Crippen LogP contribution in [0.5, 0.6) is 0 Å². The summed E-state index contributed by atoms with van der Waals surface area (Å²) in [5, 5.41) is 3.36. The molecular formula is C15H22BrN3. The molecule has 1 atom stereocenters. The highest BCUT2D eigenvalue weighted by Crippen LogP contribution is 2.23. The van der Waals surface area contributed by atoms with Gasteiger partial charge in [-0.25, -0.2) is 0 Å². The van der Waals surface area contributed by atoms with Crippen molar-refractivity contribution < 1.29 is 0 Å². The SMILES string of the molecule is CC(c1ccc(Br)cc1)N1CCN(C2CNC2)CC1. The van der Waals surface area contributed by atoms with Crippen LogP contribution in [0, 0.1) is 0 Å². The average Bonchev–Trinajstić information content (AvgIpc) is 2.38. The lowest BCUT2D eigenvalue weighted by atomic mass is 10.0. The molecule has 0 spiro atoms. The molecule has 1 N–H and O–H groups in total. The first-order valence-electron chi connectivity index (χ1n) is 7.18. The normalized spacial score (nSPS) is 24.1. The minimum Gasteiger partial charge on any atom is -0.314 e. The van der Waals surface area contributed by atoms with Gasteiger partial charge >= 0.3 is 0 Å². The smallest absolute Gasteiger partial charge is 0.0346 e. The lowest BCUT2D eigenvalue weighted by Gasteiger charge is -2.44. The molecule has 2 fully saturated rings. The molecule has 0 aliphatic carbocycles. The zero-order chi connectivity index (χ0) is 13.2. The molecule has 0 radical (unpaired) electrons. The number of nitrogens with one attached hydrogen (secondary N) is 1. The van der Waals surface area contributed by atoms with Gasteiger partial charge in [0.15, 0.2) is 0 Å². The molecule has 4 heteroatoms. The highest BCUT2D eigenvalue weighted by atomic mass is 79.9. The largest absolute Gasteiger partial charge is 0.314 e. The van der Waals surface area contributed by atoms with Gasteiger partial charge in [-0.1, -0.05) is 28.1 Å². The third-order valence-electron chi connectivity index (χ3n) is 4.53. The second-order valence-corrected chi connectivity index (χ2v) is 6.53. The van der Waals surface area contributed by atoms with Gasteiger partial charge < -0.3 is 5.32 Å². The van der Waals surface area contributed by atoms with Crippen LogP contribution >= 0.6 is 15.9 Å². The van der Waals surface area contributed by atoms with Crippen molar-refractivity contribution in [2.45, 2.75) is 19.0 Å². The first kappa shape index (κ1) is 13.6. The zero-order valence-electron chi connectivity index (χ0n) is 11.5. The van der Waals surface area contributed by atoms with Gasteiger partial charge in [0.25, 0.3) is 0 Å². The molecule has 0 saturated carbocycles. The molecule has 0 aromatic heterocycles. The Morgan fingerprint density at radius 1 is 1.11 bits per heavy atom. The molecule has 2 aliphatic heterocycles. The maximum absolute atomic E-state index is 3.50. The van der Waals surface area contributed by atoms with Crippen LogP contribution in [0.3, 0.4) is 0 Å². The molecule has 2 aliphatic rings. The summed E-state index contributed by atoms with van der Waals surface area (Å²) in [7, 11) is 0. The third kappa shape index (κ3) is 3.02. The number of hydrogen-bond donors (Lipinski definition) is 1. The molecule has 2 heterocycles. The Kier molecular flexibility index (Phi) is 4.22. The zero-order valence-corrected chi connectivity index (χ0v) is 13.1. The summed E-state index contributed by atoms with van der Waals surface area (Å²) in [4.78, 5) is 5.24. The summed E-state index contributed by atoms with van der Waals surface area (Å²) in [6.45, 7) is 9.50. The maximum atomic E-state index is 3.50. The summed E-state index contributed by atoms with van der Waals surface area (Å²) in [5.41, 5.74) is 1.42. The van der Waals surface area contributed by atoms with Crippen LogP contribution < -0.4 is 5.32 Å². The van der Waals surface area contributed by atoms with Crippen molar-refractivity contribution >= 4 is 15.9 Å². The fraction of sp³-hybridized carbons (Fsp3) is 0.600. The van der Waals surface area contributed by atoms with E-state index in [1.165, 1.54) is 44.8 Å². The fourth-order valence-electron chi connectivity index (χ4n) is 2.97. The van der Waals surface area contributed by atoms with Gasteiger partial charge in [0.1, 0.15) is 0 Å². The van der Waals surface area contributed by atoms with Crippen molar-refractivity contribution in [3.63, 3.8) is 0 Å². The minimum absolute atomic E-state index is 0.523. The number of hydrogen-bond acceptors (Lipinski definition) is 3. The molecule has 3 rings (SSSR count). The second kappa shape index (κ2) is 5.92. The molecule has 0 bridgehead atoms. The standard InChI is InChI=1S/C15H22BrN3/c1-12(13-2-4-14(16)5-3-13)18-6-8-19(9-7-18)15-10-17-11-15/h2-5,12,15,17H,6-11H2,1H3. The Morgan fingerprint density at radius 2 is 1.74 bits per heavy atom. The number of halogens is 1. The summed E-state index contributed by atoms with van der Waals surface area (Å²) < 4.78 is 1.16. The van der Waals surface area contributed by atoms with E-state index >= 15 is 0 Å². The summed E-state index contributed by atoms with van der Waals surface area (Å²) in [5.74, 6) is 0. The predicted octanol–water partition coefficient (Wildman–Crippen LogP) is 2.10. The van der Waals surface area contributed by atoms with Crippen LogP contribution in [0.1, 0.15) is 18.5 Å². The van der Waals surface area contributed by atoms with E-state index in [4.69, 9.17) is 0 Å². The van der Waals surface area contributed by atoms with Gasteiger partial charge in [0, 0.05) is 55.8 Å². The van der Waals surface area contributed by atoms with Crippen LogP contribution in [-0.4, -0.2) is 55.1 Å². The van der Waals surface area contributed by atoms with Crippen LogP contribution in [0.2, 0.25) is 0 Å². The van der Waals surface area contributed by atoms with E-state index in [0.29, 0.717) is 6.04 Å². The first-order valence-corrected chi connectivity index (χ1v) is 7.97. The fourth-order valence-corrected chi connectivity index (χ4v) is 3.24. The molecule has 19 heavy (non-hydrogen) atoms. The molecule has 1 aromatic carbocycles. The quantitative estimate of drug-likeness (QED) is 0.919. The second-order valence-electron chi connectivity index (χ2n) is 5.61. The van der Waals surface area contributed by atoms with E-state index in [1.54, 1.807) is 0 Å². The van der Waals surface area contributed by atoms with Crippen molar-refractivity contribution in [1.29, 1.82) is 0 Å². The lowest BCUT2D eigenvalue weighted by Crippen LogP contribution is -2.61. The average molecular weight is 324 g/mol. The number of nitrogens with zero attached hydrogens (tertiary/aromatic N) is 2. The van der Waals surface area contributed by atoms with Crippen LogP contribution in [-0.2, 0) is 0 Å². The summed E-state index contributed by atoms with van der Waals surface area (Å²) in [6.07, 6.45) is 0. The Balaban J connectivity index is 1.56. The number of rotatable bonds is 3. The minimum atomic E-state index is 0.523. The molecule has 1 unspecified atom stereocenters. The van der Waals surface area contributed by atoms with Gasteiger partial charge in [-0.15, -0.1) is 0 Å². The van der Waals surface area contributed by atoms with Crippen molar-refractivity contribution in [1.82, 2.24) is 15.1 Å². The van der Waals surface area contributed by atoms with Gasteiger partial charge in [-0.3, -0.25) is 9.80 Å². The highest BCUT2D eigenvalue weighted by Gasteiger charge is 2.29. The van der Waals surface area contributed by atoms with Crippen LogP contribution in [0.4, 0.5) is 0 Å². The van der Waals surface area contributed by atoms with E-state index in [0.717, 1.165) is 10.5 Å². The van der Waals surface area contributed by atoms with Crippen LogP contribution in [0.25, 0.3) is 0 Å². The van der Waals surface area contributed by atoms with Crippen molar-refractivity contribution in [2.24, 2.45) is 0 Å². The van der Waals surface area contributed by atoms with Gasteiger partial charge in [-0.05, 0) is 24.6 Å². The molecule has 0 amide bonds. The van der Waals surface area contributed by atoms with Crippen molar-refractivity contribution in [3.8, 4) is 0 Å². The van der Waals surface area contributed by atoms with Gasteiger partial charge in [0.05, 0.1) is 0 Å². The molecule has 2 saturated heterocycles.